The number of nitrogen functional groups attached to an aromatic ring is 1. The molecule has 0 fully saturated rings. The normalized spacial score (nSPS) is 11.3. The summed E-state index contributed by atoms with van der Waals surface area (Å²) in [6, 6.07) is 0. The van der Waals surface area contributed by atoms with Crippen molar-refractivity contribution >= 4 is 17.1 Å². The quantitative estimate of drug-likeness (QED) is 0.767. The molecule has 0 aliphatic carbocycles. The highest BCUT2D eigenvalue weighted by Crippen LogP contribution is 2.24. The highest BCUT2D eigenvalue weighted by molar-refractivity contribution is 5.79. The molecule has 2 N–H and O–H groups in total. The minimum absolute atomic E-state index is 0.118. The maximum atomic E-state index is 5.67. The van der Waals surface area contributed by atoms with Gasteiger partial charge in [0.25, 0.3) is 0 Å². The van der Waals surface area contributed by atoms with E-state index in [9.17, 15) is 0 Å². The van der Waals surface area contributed by atoms with Gasteiger partial charge in [-0.2, -0.15) is 15.1 Å². The summed E-state index contributed by atoms with van der Waals surface area (Å²) in [6.07, 6.45) is 5.38. The molecular formula is C15H19N7O. The lowest BCUT2D eigenvalue weighted by molar-refractivity contribution is 0.330. The van der Waals surface area contributed by atoms with Crippen molar-refractivity contribution in [2.45, 2.75) is 27.3 Å². The van der Waals surface area contributed by atoms with E-state index in [4.69, 9.17) is 10.5 Å². The zero-order valence-corrected chi connectivity index (χ0v) is 13.4. The van der Waals surface area contributed by atoms with Gasteiger partial charge in [0.05, 0.1) is 24.7 Å². The van der Waals surface area contributed by atoms with Crippen LogP contribution < -0.4 is 10.5 Å². The molecule has 8 heteroatoms. The Morgan fingerprint density at radius 3 is 2.78 bits per heavy atom. The van der Waals surface area contributed by atoms with Crippen LogP contribution in [0, 0.1) is 5.92 Å². The van der Waals surface area contributed by atoms with E-state index in [0.29, 0.717) is 35.3 Å². The zero-order valence-electron chi connectivity index (χ0n) is 13.4. The second-order valence-corrected chi connectivity index (χ2v) is 5.59. The maximum Gasteiger partial charge on any atom is 0.247 e. The molecule has 120 valence electrons. The first-order valence-electron chi connectivity index (χ1n) is 7.52. The number of aromatic nitrogens is 6. The van der Waals surface area contributed by atoms with Gasteiger partial charge in [0.2, 0.25) is 11.8 Å². The Hall–Kier alpha value is -2.77. The molecule has 0 spiro atoms. The molecule has 3 rings (SSSR count). The summed E-state index contributed by atoms with van der Waals surface area (Å²) in [5.74, 6) is 0.984. The third-order valence-corrected chi connectivity index (χ3v) is 3.15. The molecule has 0 saturated heterocycles. The topological polar surface area (TPSA) is 105 Å². The van der Waals surface area contributed by atoms with Gasteiger partial charge in [-0.15, -0.1) is 0 Å². The summed E-state index contributed by atoms with van der Waals surface area (Å²) in [6.45, 7) is 7.48. The fourth-order valence-electron chi connectivity index (χ4n) is 2.24. The second-order valence-electron chi connectivity index (χ2n) is 5.59. The molecule has 3 heterocycles. The van der Waals surface area contributed by atoms with Gasteiger partial charge in [-0.25, -0.2) is 9.97 Å². The van der Waals surface area contributed by atoms with Gasteiger partial charge in [0.1, 0.15) is 0 Å². The molecule has 0 aliphatic rings. The molecular weight excluding hydrogens is 294 g/mol. The molecule has 0 aromatic carbocycles. The van der Waals surface area contributed by atoms with Gasteiger partial charge in [0.15, 0.2) is 11.2 Å². The SMILES string of the molecule is CCOc1nc(N)nc2ncc(-c3cnn(CC(C)C)c3)nc12. The minimum atomic E-state index is 0.118. The number of nitrogens with zero attached hydrogens (tertiary/aromatic N) is 6. The van der Waals surface area contributed by atoms with Gasteiger partial charge in [-0.1, -0.05) is 13.8 Å². The highest BCUT2D eigenvalue weighted by atomic mass is 16.5. The zero-order chi connectivity index (χ0) is 16.4. The van der Waals surface area contributed by atoms with Crippen LogP contribution in [0.15, 0.2) is 18.6 Å². The van der Waals surface area contributed by atoms with Crippen molar-refractivity contribution in [1.82, 2.24) is 29.7 Å². The van der Waals surface area contributed by atoms with Crippen molar-refractivity contribution < 1.29 is 4.74 Å². The Kier molecular flexibility index (Phi) is 4.05. The lowest BCUT2D eigenvalue weighted by Gasteiger charge is -2.06. The predicted octanol–water partition coefficient (Wildman–Crippen LogP) is 1.92. The first-order valence-corrected chi connectivity index (χ1v) is 7.52. The van der Waals surface area contributed by atoms with Gasteiger partial charge in [-0.3, -0.25) is 4.68 Å². The number of fused-ring (bicyclic) bond motifs is 1. The summed E-state index contributed by atoms with van der Waals surface area (Å²) < 4.78 is 7.39. The Labute approximate surface area is 133 Å². The van der Waals surface area contributed by atoms with Crippen LogP contribution in [0.5, 0.6) is 5.88 Å². The molecule has 0 amide bonds. The summed E-state index contributed by atoms with van der Waals surface area (Å²) in [4.78, 5) is 17.1. The summed E-state index contributed by atoms with van der Waals surface area (Å²) in [7, 11) is 0. The average Bonchev–Trinajstić information content (AvgIpc) is 2.94. The van der Waals surface area contributed by atoms with Crippen LogP contribution in [-0.2, 0) is 6.54 Å². The number of anilines is 1. The molecule has 3 aromatic rings. The van der Waals surface area contributed by atoms with Gasteiger partial charge in [-0.05, 0) is 12.8 Å². The van der Waals surface area contributed by atoms with E-state index in [1.54, 1.807) is 12.4 Å². The molecule has 23 heavy (non-hydrogen) atoms. The Morgan fingerprint density at radius 1 is 1.22 bits per heavy atom. The second kappa shape index (κ2) is 6.15. The molecule has 0 saturated carbocycles. The highest BCUT2D eigenvalue weighted by Gasteiger charge is 2.13. The van der Waals surface area contributed by atoms with Crippen LogP contribution in [0.2, 0.25) is 0 Å². The number of rotatable bonds is 5. The van der Waals surface area contributed by atoms with Crippen molar-refractivity contribution in [2.24, 2.45) is 5.92 Å². The van der Waals surface area contributed by atoms with E-state index < -0.39 is 0 Å². The number of ether oxygens (including phenoxy) is 1. The summed E-state index contributed by atoms with van der Waals surface area (Å²) in [5.41, 5.74) is 8.17. The molecule has 8 nitrogen and oxygen atoms in total. The van der Waals surface area contributed by atoms with Crippen LogP contribution >= 0.6 is 0 Å². The van der Waals surface area contributed by atoms with E-state index in [1.165, 1.54) is 0 Å². The molecule has 0 aliphatic heterocycles. The van der Waals surface area contributed by atoms with E-state index in [1.807, 2.05) is 17.8 Å². The average molecular weight is 313 g/mol. The van der Waals surface area contributed by atoms with Crippen LogP contribution in [0.1, 0.15) is 20.8 Å². The van der Waals surface area contributed by atoms with E-state index in [-0.39, 0.29) is 5.95 Å². The van der Waals surface area contributed by atoms with Crippen molar-refractivity contribution in [3.63, 3.8) is 0 Å². The Morgan fingerprint density at radius 2 is 2.04 bits per heavy atom. The molecule has 0 unspecified atom stereocenters. The lowest BCUT2D eigenvalue weighted by atomic mass is 10.2. The minimum Gasteiger partial charge on any atom is -0.476 e. The smallest absolute Gasteiger partial charge is 0.247 e. The molecule has 0 bridgehead atoms. The maximum absolute atomic E-state index is 5.67. The van der Waals surface area contributed by atoms with Crippen LogP contribution in [0.25, 0.3) is 22.4 Å². The van der Waals surface area contributed by atoms with Gasteiger partial charge < -0.3 is 10.5 Å². The molecule has 3 aromatic heterocycles. The fraction of sp³-hybridized carbons (Fsp3) is 0.400. The first-order chi connectivity index (χ1) is 11.1. The Bertz CT molecular complexity index is 828. The van der Waals surface area contributed by atoms with E-state index >= 15 is 0 Å². The summed E-state index contributed by atoms with van der Waals surface area (Å²) >= 11 is 0. The van der Waals surface area contributed by atoms with E-state index in [0.717, 1.165) is 12.1 Å². The molecule has 0 atom stereocenters. The lowest BCUT2D eigenvalue weighted by Crippen LogP contribution is -2.04. The van der Waals surface area contributed by atoms with Gasteiger partial charge >= 0.3 is 0 Å². The fourth-order valence-corrected chi connectivity index (χ4v) is 2.24. The van der Waals surface area contributed by atoms with Crippen LogP contribution in [0.3, 0.4) is 0 Å². The van der Waals surface area contributed by atoms with Crippen molar-refractivity contribution in [2.75, 3.05) is 12.3 Å². The monoisotopic (exact) mass is 313 g/mol. The Balaban J connectivity index is 2.03. The third kappa shape index (κ3) is 3.20. The van der Waals surface area contributed by atoms with Crippen molar-refractivity contribution in [3.8, 4) is 17.1 Å². The van der Waals surface area contributed by atoms with Crippen molar-refractivity contribution in [1.29, 1.82) is 0 Å². The third-order valence-electron chi connectivity index (χ3n) is 3.15. The van der Waals surface area contributed by atoms with Crippen LogP contribution in [0.4, 0.5) is 5.95 Å². The number of hydrogen-bond acceptors (Lipinski definition) is 7. The first kappa shape index (κ1) is 15.1. The molecule has 0 radical (unpaired) electrons. The van der Waals surface area contributed by atoms with Gasteiger partial charge in [0, 0.05) is 18.3 Å². The number of hydrogen-bond donors (Lipinski definition) is 1. The predicted molar refractivity (Wildman–Crippen MR) is 86.8 cm³/mol. The van der Waals surface area contributed by atoms with Crippen molar-refractivity contribution in [3.05, 3.63) is 18.6 Å². The largest absolute Gasteiger partial charge is 0.476 e. The standard InChI is InChI=1S/C15H19N7O/c1-4-23-14-12-13(20-15(16)21-14)17-6-11(19-12)10-5-18-22(8-10)7-9(2)3/h5-6,8-9H,4,7H2,1-3H3,(H2,16,17,20,21). The van der Waals surface area contributed by atoms with Crippen LogP contribution in [-0.4, -0.2) is 36.3 Å². The number of nitrogens with two attached hydrogens (primary N) is 1. The summed E-state index contributed by atoms with van der Waals surface area (Å²) in [5, 5.41) is 4.35. The van der Waals surface area contributed by atoms with E-state index in [2.05, 4.69) is 38.9 Å².